The summed E-state index contributed by atoms with van der Waals surface area (Å²) in [6.07, 6.45) is -2.09. The van der Waals surface area contributed by atoms with E-state index in [1.165, 1.54) is 20.0 Å². The maximum Gasteiger partial charge on any atom is 0.408 e. The second-order valence-electron chi connectivity index (χ2n) is 16.5. The van der Waals surface area contributed by atoms with Crippen LogP contribution in [0.1, 0.15) is 87.3 Å². The minimum Gasteiger partial charge on any atom is -0.455 e. The third-order valence-corrected chi connectivity index (χ3v) is 11.9. The zero-order chi connectivity index (χ0) is 42.0. The van der Waals surface area contributed by atoms with Gasteiger partial charge in [-0.25, -0.2) is 14.0 Å². The summed E-state index contributed by atoms with van der Waals surface area (Å²) in [5, 5.41) is 14.6. The van der Waals surface area contributed by atoms with Gasteiger partial charge < -0.3 is 38.4 Å². The molecular weight excluding hydrogens is 741 g/mol. The molecule has 57 heavy (non-hydrogen) atoms. The number of aromatic nitrogens is 3. The molecule has 3 aliphatic rings. The molecule has 2 aromatic heterocycles. The Balaban J connectivity index is 1.57. The number of halogens is 1. The molecule has 0 saturated carbocycles. The SMILES string of the molecule is CC[C@@H]1OC(=O)C(C)(F)C(=O)[C@H](C)[C@@H](OC2O[C@H](C)C[C@H](N(C)C)[C@H]2C)[C@](C)(OCC#Cc2cc(-c3cccnn3)no2)C[C@@H](C)C(=O)[C@@H](C)C2NC(=O)O[C@@]21C. The van der Waals surface area contributed by atoms with Crippen LogP contribution in [0.25, 0.3) is 11.4 Å². The number of Topliss-reactive ketones (excluding diaryl/α,β-unsaturated/α-hetero) is 2. The lowest BCUT2D eigenvalue weighted by molar-refractivity contribution is -0.282. The molecule has 3 unspecified atom stereocenters. The van der Waals surface area contributed by atoms with Gasteiger partial charge in [0.1, 0.15) is 29.9 Å². The molecular formula is C41H56FN5O10. The van der Waals surface area contributed by atoms with Gasteiger partial charge in [0.25, 0.3) is 5.67 Å². The first kappa shape index (κ1) is 43.8. The average molecular weight is 798 g/mol. The van der Waals surface area contributed by atoms with E-state index in [4.69, 9.17) is 28.2 Å². The van der Waals surface area contributed by atoms with Crippen LogP contribution in [-0.2, 0) is 38.1 Å². The van der Waals surface area contributed by atoms with Crippen LogP contribution in [0.2, 0.25) is 0 Å². The lowest BCUT2D eigenvalue weighted by Gasteiger charge is -2.48. The van der Waals surface area contributed by atoms with Crippen LogP contribution >= 0.6 is 0 Å². The molecule has 3 aliphatic heterocycles. The molecule has 3 fully saturated rings. The number of carbonyl (C=O) groups is 4. The van der Waals surface area contributed by atoms with Crippen molar-refractivity contribution in [3.8, 4) is 23.2 Å². The lowest BCUT2D eigenvalue weighted by Crippen LogP contribution is -2.61. The van der Waals surface area contributed by atoms with Gasteiger partial charge in [-0.3, -0.25) is 9.59 Å². The van der Waals surface area contributed by atoms with Crippen molar-refractivity contribution in [2.24, 2.45) is 23.7 Å². The lowest BCUT2D eigenvalue weighted by atomic mass is 9.73. The van der Waals surface area contributed by atoms with Gasteiger partial charge in [-0.05, 0) is 79.1 Å². The summed E-state index contributed by atoms with van der Waals surface area (Å²) in [5.74, 6) is -0.0110. The Bertz CT molecular complexity index is 1850. The summed E-state index contributed by atoms with van der Waals surface area (Å²) >= 11 is 0. The van der Waals surface area contributed by atoms with Crippen molar-refractivity contribution >= 4 is 23.6 Å². The van der Waals surface area contributed by atoms with Crippen molar-refractivity contribution in [2.45, 2.75) is 135 Å². The van der Waals surface area contributed by atoms with E-state index in [0.717, 1.165) is 6.92 Å². The topological polar surface area (TPSA) is 182 Å². The largest absolute Gasteiger partial charge is 0.455 e. The number of alkyl carbamates (subject to hydrolysis) is 1. The Morgan fingerprint density at radius 3 is 2.42 bits per heavy atom. The first-order valence-corrected chi connectivity index (χ1v) is 19.6. The summed E-state index contributed by atoms with van der Waals surface area (Å²) in [4.78, 5) is 57.4. The number of alkyl halides is 1. The normalized spacial score (nSPS) is 38.0. The second-order valence-corrected chi connectivity index (χ2v) is 16.5. The molecule has 13 atom stereocenters. The summed E-state index contributed by atoms with van der Waals surface area (Å²) in [6, 6.07) is 4.11. The summed E-state index contributed by atoms with van der Waals surface area (Å²) < 4.78 is 53.4. The highest BCUT2D eigenvalue weighted by Gasteiger charge is 2.59. The molecule has 16 heteroatoms. The Labute approximate surface area is 333 Å². The van der Waals surface area contributed by atoms with Crippen molar-refractivity contribution in [1.29, 1.82) is 0 Å². The predicted molar refractivity (Wildman–Crippen MR) is 203 cm³/mol. The van der Waals surface area contributed by atoms with E-state index < -0.39 is 77.0 Å². The van der Waals surface area contributed by atoms with E-state index in [1.807, 2.05) is 27.9 Å². The van der Waals surface area contributed by atoms with E-state index in [0.29, 0.717) is 17.8 Å². The summed E-state index contributed by atoms with van der Waals surface area (Å²) in [6.45, 7) is 14.2. The molecule has 2 aromatic rings. The number of nitrogens with one attached hydrogen (secondary N) is 1. The number of carbonyl (C=O) groups excluding carboxylic acids is 4. The quantitative estimate of drug-likeness (QED) is 0.231. The predicted octanol–water partition coefficient (Wildman–Crippen LogP) is 4.71. The number of hydrogen-bond donors (Lipinski definition) is 1. The van der Waals surface area contributed by atoms with Crippen LogP contribution in [0.3, 0.4) is 0 Å². The third kappa shape index (κ3) is 9.06. The highest BCUT2D eigenvalue weighted by atomic mass is 19.1. The Morgan fingerprint density at radius 2 is 1.77 bits per heavy atom. The summed E-state index contributed by atoms with van der Waals surface area (Å²) in [5.41, 5.74) is -5.34. The fourth-order valence-electron chi connectivity index (χ4n) is 8.67. The number of ether oxygens (including phenoxy) is 5. The molecule has 0 spiro atoms. The van der Waals surface area contributed by atoms with E-state index in [2.05, 4.69) is 37.4 Å². The number of fused-ring (bicyclic) bond motifs is 1. The summed E-state index contributed by atoms with van der Waals surface area (Å²) in [7, 11) is 3.92. The molecule has 5 rings (SSSR count). The second kappa shape index (κ2) is 17.3. The van der Waals surface area contributed by atoms with Crippen LogP contribution in [-0.4, -0.2) is 118 Å². The van der Waals surface area contributed by atoms with Crippen LogP contribution in [0.4, 0.5) is 9.18 Å². The third-order valence-electron chi connectivity index (χ3n) is 11.9. The maximum atomic E-state index is 16.9. The molecule has 1 N–H and O–H groups in total. The van der Waals surface area contributed by atoms with Gasteiger partial charge in [0.15, 0.2) is 17.7 Å². The first-order chi connectivity index (χ1) is 26.7. The van der Waals surface area contributed by atoms with Gasteiger partial charge in [0.05, 0.1) is 23.9 Å². The minimum atomic E-state index is -3.17. The molecule has 0 aliphatic carbocycles. The maximum absolute atomic E-state index is 16.9. The van der Waals surface area contributed by atoms with Crippen molar-refractivity contribution in [2.75, 3.05) is 20.7 Å². The van der Waals surface area contributed by atoms with Gasteiger partial charge in [-0.15, -0.1) is 5.10 Å². The van der Waals surface area contributed by atoms with E-state index in [1.54, 1.807) is 45.9 Å². The zero-order valence-electron chi connectivity index (χ0n) is 34.7. The Kier molecular flexibility index (Phi) is 13.3. The molecule has 0 radical (unpaired) electrons. The Morgan fingerprint density at radius 1 is 1.05 bits per heavy atom. The first-order valence-electron chi connectivity index (χ1n) is 19.6. The number of nitrogens with zero attached hydrogens (tertiary/aromatic N) is 4. The van der Waals surface area contributed by atoms with Crippen molar-refractivity contribution < 1.29 is 51.8 Å². The molecule has 0 aromatic carbocycles. The highest BCUT2D eigenvalue weighted by Crippen LogP contribution is 2.42. The highest BCUT2D eigenvalue weighted by molar-refractivity contribution is 6.08. The molecule has 15 nitrogen and oxygen atoms in total. The van der Waals surface area contributed by atoms with Crippen LogP contribution in [0.15, 0.2) is 28.9 Å². The molecule has 1 amide bonds. The van der Waals surface area contributed by atoms with Gasteiger partial charge in [-0.1, -0.05) is 45.7 Å². The molecule has 0 bridgehead atoms. The fraction of sp³-hybridized carbons (Fsp3) is 0.683. The van der Waals surface area contributed by atoms with Gasteiger partial charge in [0.2, 0.25) is 5.76 Å². The number of ketones is 2. The molecule has 312 valence electrons. The smallest absolute Gasteiger partial charge is 0.408 e. The number of hydrogen-bond acceptors (Lipinski definition) is 14. The number of cyclic esters (lactones) is 1. The van der Waals surface area contributed by atoms with Gasteiger partial charge >= 0.3 is 12.1 Å². The zero-order valence-corrected chi connectivity index (χ0v) is 34.7. The van der Waals surface area contributed by atoms with Crippen LogP contribution in [0.5, 0.6) is 0 Å². The van der Waals surface area contributed by atoms with Crippen molar-refractivity contribution in [3.63, 3.8) is 0 Å². The number of esters is 1. The standard InChI is InChI=1S/C41H56FN5O10/c1-12-31-41(9)33(44-38(51)56-41)25(5)32(48)22(2)21-39(7,52-18-14-15-27-20-29(46-57-27)28-16-13-17-43-45-28)35(26(6)34(49)40(8,42)37(50)54-31)55-36-24(4)30(47(10)11)19-23(3)53-36/h13,16-17,20,22-26,30-31,33,35-36H,12,18-19,21H2,1-11H3,(H,44,51)/t22-,23-,24-,25-,26+,30+,31+,33?,35-,36?,39-,40?,41-/m1/s1. The average Bonchev–Trinajstić information content (AvgIpc) is 3.77. The number of amides is 1. The van der Waals surface area contributed by atoms with Crippen molar-refractivity contribution in [3.05, 3.63) is 30.2 Å². The van der Waals surface area contributed by atoms with E-state index >= 15 is 4.39 Å². The van der Waals surface area contributed by atoms with Crippen LogP contribution < -0.4 is 5.32 Å². The van der Waals surface area contributed by atoms with Gasteiger partial charge in [-0.2, -0.15) is 5.10 Å². The van der Waals surface area contributed by atoms with Crippen molar-refractivity contribution in [1.82, 2.24) is 25.6 Å². The number of rotatable bonds is 7. The van der Waals surface area contributed by atoms with Crippen LogP contribution in [0, 0.1) is 35.5 Å². The molecule has 5 heterocycles. The minimum absolute atomic E-state index is 0.0295. The van der Waals surface area contributed by atoms with E-state index in [-0.39, 0.29) is 49.1 Å². The van der Waals surface area contributed by atoms with Gasteiger partial charge in [0, 0.05) is 42.0 Å². The monoisotopic (exact) mass is 797 g/mol. The van der Waals surface area contributed by atoms with E-state index in [9.17, 15) is 19.2 Å². The fourth-order valence-corrected chi connectivity index (χ4v) is 8.67. The Hall–Kier alpha value is -4.30. The molecule has 3 saturated heterocycles.